The van der Waals surface area contributed by atoms with Crippen molar-refractivity contribution in [2.45, 2.75) is 50.0 Å². The van der Waals surface area contributed by atoms with Gasteiger partial charge in [0.2, 0.25) is 0 Å². The van der Waals surface area contributed by atoms with Gasteiger partial charge in [-0.1, -0.05) is 43.5 Å². The van der Waals surface area contributed by atoms with Crippen molar-refractivity contribution in [2.75, 3.05) is 4.72 Å². The van der Waals surface area contributed by atoms with Crippen LogP contribution in [0.4, 0.5) is 5.69 Å². The SMILES string of the molecule is Cc1ccc(C(=O)NC2CCCCC2)cc1NS(=O)(=O)c1ccccc1. The molecule has 138 valence electrons. The average Bonchev–Trinajstić information content (AvgIpc) is 2.65. The van der Waals surface area contributed by atoms with E-state index in [1.807, 2.05) is 6.92 Å². The molecule has 2 N–H and O–H groups in total. The molecule has 1 aliphatic carbocycles. The molecule has 2 aromatic rings. The number of carbonyl (C=O) groups excluding carboxylic acids is 1. The Bertz CT molecular complexity index is 873. The summed E-state index contributed by atoms with van der Waals surface area (Å²) in [4.78, 5) is 12.7. The zero-order valence-electron chi connectivity index (χ0n) is 14.9. The molecule has 2 aromatic carbocycles. The molecule has 1 saturated carbocycles. The van der Waals surface area contributed by atoms with Gasteiger partial charge in [-0.2, -0.15) is 0 Å². The van der Waals surface area contributed by atoms with Gasteiger partial charge in [0.1, 0.15) is 0 Å². The molecule has 1 aliphatic rings. The van der Waals surface area contributed by atoms with Gasteiger partial charge in [-0.3, -0.25) is 9.52 Å². The summed E-state index contributed by atoms with van der Waals surface area (Å²) in [5, 5.41) is 3.06. The summed E-state index contributed by atoms with van der Waals surface area (Å²) >= 11 is 0. The highest BCUT2D eigenvalue weighted by Crippen LogP contribution is 2.22. The van der Waals surface area contributed by atoms with Gasteiger partial charge in [0.15, 0.2) is 0 Å². The minimum Gasteiger partial charge on any atom is -0.349 e. The largest absolute Gasteiger partial charge is 0.349 e. The topological polar surface area (TPSA) is 75.3 Å². The zero-order chi connectivity index (χ0) is 18.6. The number of nitrogens with one attached hydrogen (secondary N) is 2. The first kappa shape index (κ1) is 18.5. The van der Waals surface area contributed by atoms with Crippen molar-refractivity contribution in [2.24, 2.45) is 0 Å². The molecule has 0 atom stereocenters. The molecule has 0 heterocycles. The van der Waals surface area contributed by atoms with Crippen LogP contribution in [0.3, 0.4) is 0 Å². The second kappa shape index (κ2) is 7.91. The highest BCUT2D eigenvalue weighted by Gasteiger charge is 2.19. The molecule has 1 amide bonds. The Morgan fingerprint density at radius 2 is 1.69 bits per heavy atom. The number of hydrogen-bond acceptors (Lipinski definition) is 3. The van der Waals surface area contributed by atoms with Gasteiger partial charge in [-0.15, -0.1) is 0 Å². The molecule has 0 unspecified atom stereocenters. The molecule has 0 radical (unpaired) electrons. The van der Waals surface area contributed by atoms with Crippen molar-refractivity contribution in [3.63, 3.8) is 0 Å². The molecule has 0 aromatic heterocycles. The molecule has 5 nitrogen and oxygen atoms in total. The normalized spacial score (nSPS) is 15.4. The van der Waals surface area contributed by atoms with Crippen molar-refractivity contribution in [3.8, 4) is 0 Å². The number of anilines is 1. The fraction of sp³-hybridized carbons (Fsp3) is 0.350. The Labute approximate surface area is 154 Å². The molecule has 6 heteroatoms. The van der Waals surface area contributed by atoms with Crippen LogP contribution in [0.1, 0.15) is 48.0 Å². The van der Waals surface area contributed by atoms with Crippen LogP contribution < -0.4 is 10.0 Å². The van der Waals surface area contributed by atoms with Crippen molar-refractivity contribution in [1.82, 2.24) is 5.32 Å². The first-order chi connectivity index (χ1) is 12.5. The number of aryl methyl sites for hydroxylation is 1. The molecule has 0 saturated heterocycles. The summed E-state index contributed by atoms with van der Waals surface area (Å²) in [7, 11) is -3.69. The quantitative estimate of drug-likeness (QED) is 0.837. The fourth-order valence-corrected chi connectivity index (χ4v) is 4.33. The van der Waals surface area contributed by atoms with Crippen LogP contribution in [0, 0.1) is 6.92 Å². The Kier molecular flexibility index (Phi) is 5.61. The van der Waals surface area contributed by atoms with Crippen molar-refractivity contribution in [1.29, 1.82) is 0 Å². The lowest BCUT2D eigenvalue weighted by Crippen LogP contribution is -2.36. The Hall–Kier alpha value is -2.34. The highest BCUT2D eigenvalue weighted by molar-refractivity contribution is 7.92. The van der Waals surface area contributed by atoms with Crippen molar-refractivity contribution < 1.29 is 13.2 Å². The van der Waals surface area contributed by atoms with Gasteiger partial charge >= 0.3 is 0 Å². The third kappa shape index (κ3) is 4.43. The summed E-state index contributed by atoms with van der Waals surface area (Å²) in [6.45, 7) is 1.81. The first-order valence-electron chi connectivity index (χ1n) is 8.95. The monoisotopic (exact) mass is 372 g/mol. The van der Waals surface area contributed by atoms with E-state index in [-0.39, 0.29) is 16.8 Å². The minimum absolute atomic E-state index is 0.156. The van der Waals surface area contributed by atoms with Gasteiger partial charge in [0.25, 0.3) is 15.9 Å². The van der Waals surface area contributed by atoms with E-state index >= 15 is 0 Å². The summed E-state index contributed by atoms with van der Waals surface area (Å²) in [5.41, 5.74) is 1.65. The molecule has 0 spiro atoms. The van der Waals surface area contributed by atoms with Gasteiger partial charge in [-0.05, 0) is 49.6 Å². The number of carbonyl (C=O) groups is 1. The van der Waals surface area contributed by atoms with Gasteiger partial charge < -0.3 is 5.32 Å². The van der Waals surface area contributed by atoms with Crippen LogP contribution in [0.15, 0.2) is 53.4 Å². The van der Waals surface area contributed by atoms with Crippen molar-refractivity contribution >= 4 is 21.6 Å². The lowest BCUT2D eigenvalue weighted by molar-refractivity contribution is 0.0927. The molecular weight excluding hydrogens is 348 g/mol. The summed E-state index contributed by atoms with van der Waals surface area (Å²) in [6.07, 6.45) is 5.51. The number of rotatable bonds is 5. The maximum Gasteiger partial charge on any atom is 0.261 e. The van der Waals surface area contributed by atoms with Crippen LogP contribution in [-0.4, -0.2) is 20.4 Å². The van der Waals surface area contributed by atoms with Crippen LogP contribution in [0.2, 0.25) is 0 Å². The smallest absolute Gasteiger partial charge is 0.261 e. The lowest BCUT2D eigenvalue weighted by Gasteiger charge is -2.23. The molecular formula is C20H24N2O3S. The van der Waals surface area contributed by atoms with E-state index in [9.17, 15) is 13.2 Å². The maximum atomic E-state index is 12.5. The van der Waals surface area contributed by atoms with E-state index in [1.165, 1.54) is 18.6 Å². The summed E-state index contributed by atoms with van der Waals surface area (Å²) in [6, 6.07) is 13.5. The predicted molar refractivity (Wildman–Crippen MR) is 103 cm³/mol. The number of hydrogen-bond donors (Lipinski definition) is 2. The second-order valence-electron chi connectivity index (χ2n) is 6.76. The predicted octanol–water partition coefficient (Wildman–Crippen LogP) is 3.86. The summed E-state index contributed by atoms with van der Waals surface area (Å²) in [5.74, 6) is -0.156. The van der Waals surface area contributed by atoms with E-state index in [4.69, 9.17) is 0 Å². The van der Waals surface area contributed by atoms with Crippen LogP contribution in [0.25, 0.3) is 0 Å². The van der Waals surface area contributed by atoms with E-state index in [0.29, 0.717) is 11.3 Å². The zero-order valence-corrected chi connectivity index (χ0v) is 15.7. The average molecular weight is 372 g/mol. The van der Waals surface area contributed by atoms with E-state index in [2.05, 4.69) is 10.0 Å². The Morgan fingerprint density at radius 1 is 1.00 bits per heavy atom. The van der Waals surface area contributed by atoms with Crippen LogP contribution in [-0.2, 0) is 10.0 Å². The summed E-state index contributed by atoms with van der Waals surface area (Å²) < 4.78 is 27.7. The molecule has 1 fully saturated rings. The molecule has 0 bridgehead atoms. The maximum absolute atomic E-state index is 12.5. The van der Waals surface area contributed by atoms with E-state index in [0.717, 1.165) is 31.2 Å². The second-order valence-corrected chi connectivity index (χ2v) is 8.44. The highest BCUT2D eigenvalue weighted by atomic mass is 32.2. The third-order valence-corrected chi connectivity index (χ3v) is 6.12. The first-order valence-corrected chi connectivity index (χ1v) is 10.4. The van der Waals surface area contributed by atoms with Gasteiger partial charge in [-0.25, -0.2) is 8.42 Å². The Balaban J connectivity index is 1.78. The number of sulfonamides is 1. The number of benzene rings is 2. The lowest BCUT2D eigenvalue weighted by atomic mass is 9.95. The third-order valence-electron chi connectivity index (χ3n) is 4.74. The standard InChI is InChI=1S/C20H24N2O3S/c1-15-12-13-16(20(23)21-17-8-4-2-5-9-17)14-19(15)22-26(24,25)18-10-6-3-7-11-18/h3,6-7,10-14,17,22H,2,4-5,8-9H2,1H3,(H,21,23). The number of amides is 1. The van der Waals surface area contributed by atoms with E-state index < -0.39 is 10.0 Å². The van der Waals surface area contributed by atoms with Gasteiger partial charge in [0, 0.05) is 11.6 Å². The fourth-order valence-electron chi connectivity index (χ4n) is 3.19. The molecule has 26 heavy (non-hydrogen) atoms. The van der Waals surface area contributed by atoms with Crippen LogP contribution >= 0.6 is 0 Å². The molecule has 3 rings (SSSR count). The van der Waals surface area contributed by atoms with Crippen molar-refractivity contribution in [3.05, 3.63) is 59.7 Å². The van der Waals surface area contributed by atoms with E-state index in [1.54, 1.807) is 36.4 Å². The van der Waals surface area contributed by atoms with Gasteiger partial charge in [0.05, 0.1) is 10.6 Å². The van der Waals surface area contributed by atoms with Crippen LogP contribution in [0.5, 0.6) is 0 Å². The minimum atomic E-state index is -3.69. The molecule has 0 aliphatic heterocycles. The Morgan fingerprint density at radius 3 is 2.38 bits per heavy atom.